The number of carbonyl (C=O) groups is 2. The van der Waals surface area contributed by atoms with E-state index < -0.39 is 12.0 Å². The van der Waals surface area contributed by atoms with Gasteiger partial charge in [0.15, 0.2) is 0 Å². The molecule has 0 heterocycles. The molecule has 2 rings (SSSR count). The van der Waals surface area contributed by atoms with Crippen molar-refractivity contribution in [3.63, 3.8) is 0 Å². The average Bonchev–Trinajstić information content (AvgIpc) is 2.68. The van der Waals surface area contributed by atoms with E-state index in [0.717, 1.165) is 49.8 Å². The number of aliphatic carboxylic acids is 1. The first-order chi connectivity index (χ1) is 13.4. The van der Waals surface area contributed by atoms with Gasteiger partial charge in [-0.1, -0.05) is 39.3 Å². The van der Waals surface area contributed by atoms with E-state index in [0.29, 0.717) is 18.4 Å². The molecule has 28 heavy (non-hydrogen) atoms. The third-order valence-corrected chi connectivity index (χ3v) is 5.83. The Morgan fingerprint density at radius 3 is 2.32 bits per heavy atom. The van der Waals surface area contributed by atoms with Gasteiger partial charge in [0.2, 0.25) is 5.91 Å². The molecule has 0 saturated heterocycles. The summed E-state index contributed by atoms with van der Waals surface area (Å²) in [4.78, 5) is 24.3. The van der Waals surface area contributed by atoms with Gasteiger partial charge in [-0.05, 0) is 61.6 Å². The SMILES string of the molecule is CCCCOc1ccc(C[C@@H](NC(=O)C2CCC(C(C)C)CC2)C(=O)O)cc1. The van der Waals surface area contributed by atoms with Gasteiger partial charge >= 0.3 is 5.97 Å². The summed E-state index contributed by atoms with van der Waals surface area (Å²) in [7, 11) is 0. The maximum absolute atomic E-state index is 12.6. The molecule has 0 unspecified atom stereocenters. The second kappa shape index (κ2) is 11.1. The van der Waals surface area contributed by atoms with E-state index in [1.165, 1.54) is 0 Å². The zero-order valence-electron chi connectivity index (χ0n) is 17.4. The highest BCUT2D eigenvalue weighted by molar-refractivity contribution is 5.85. The van der Waals surface area contributed by atoms with Crippen molar-refractivity contribution in [3.05, 3.63) is 29.8 Å². The number of benzene rings is 1. The highest BCUT2D eigenvalue weighted by Gasteiger charge is 2.30. The van der Waals surface area contributed by atoms with Crippen molar-refractivity contribution in [1.29, 1.82) is 0 Å². The van der Waals surface area contributed by atoms with Gasteiger partial charge in [-0.15, -0.1) is 0 Å². The Balaban J connectivity index is 1.87. The first-order valence-electron chi connectivity index (χ1n) is 10.7. The number of unbranched alkanes of at least 4 members (excludes halogenated alkanes) is 1. The fourth-order valence-electron chi connectivity index (χ4n) is 3.83. The Morgan fingerprint density at radius 1 is 1.14 bits per heavy atom. The van der Waals surface area contributed by atoms with Crippen molar-refractivity contribution in [2.24, 2.45) is 17.8 Å². The molecule has 1 aliphatic carbocycles. The number of carboxylic acids is 1. The van der Waals surface area contributed by atoms with E-state index in [4.69, 9.17) is 4.74 Å². The van der Waals surface area contributed by atoms with Crippen LogP contribution in [0.5, 0.6) is 5.75 Å². The molecule has 0 aromatic heterocycles. The van der Waals surface area contributed by atoms with E-state index in [9.17, 15) is 14.7 Å². The van der Waals surface area contributed by atoms with Crippen molar-refractivity contribution >= 4 is 11.9 Å². The van der Waals surface area contributed by atoms with Gasteiger partial charge in [0.1, 0.15) is 11.8 Å². The molecule has 1 saturated carbocycles. The van der Waals surface area contributed by atoms with Crippen LogP contribution in [-0.2, 0) is 16.0 Å². The van der Waals surface area contributed by atoms with Crippen LogP contribution in [-0.4, -0.2) is 29.6 Å². The summed E-state index contributed by atoms with van der Waals surface area (Å²) < 4.78 is 5.64. The lowest BCUT2D eigenvalue weighted by atomic mass is 9.76. The second-order valence-corrected chi connectivity index (χ2v) is 8.31. The van der Waals surface area contributed by atoms with Crippen LogP contribution in [0.15, 0.2) is 24.3 Å². The van der Waals surface area contributed by atoms with Crippen molar-refractivity contribution < 1.29 is 19.4 Å². The summed E-state index contributed by atoms with van der Waals surface area (Å²) >= 11 is 0. The number of hydrogen-bond acceptors (Lipinski definition) is 3. The van der Waals surface area contributed by atoms with Gasteiger partial charge in [-0.25, -0.2) is 4.79 Å². The van der Waals surface area contributed by atoms with Crippen LogP contribution < -0.4 is 10.1 Å². The van der Waals surface area contributed by atoms with Crippen LogP contribution in [0.3, 0.4) is 0 Å². The molecule has 0 aliphatic heterocycles. The maximum Gasteiger partial charge on any atom is 0.326 e. The van der Waals surface area contributed by atoms with E-state index in [1.807, 2.05) is 24.3 Å². The topological polar surface area (TPSA) is 75.6 Å². The minimum Gasteiger partial charge on any atom is -0.494 e. The molecule has 0 bridgehead atoms. The summed E-state index contributed by atoms with van der Waals surface area (Å²) in [5, 5.41) is 12.3. The van der Waals surface area contributed by atoms with Crippen LogP contribution in [0.1, 0.15) is 64.9 Å². The highest BCUT2D eigenvalue weighted by atomic mass is 16.5. The van der Waals surface area contributed by atoms with Crippen molar-refractivity contribution in [2.75, 3.05) is 6.61 Å². The summed E-state index contributed by atoms with van der Waals surface area (Å²) in [5.41, 5.74) is 0.874. The highest BCUT2D eigenvalue weighted by Crippen LogP contribution is 2.33. The number of ether oxygens (including phenoxy) is 1. The van der Waals surface area contributed by atoms with Crippen LogP contribution >= 0.6 is 0 Å². The number of nitrogens with one attached hydrogen (secondary N) is 1. The molecular formula is C23H35NO4. The van der Waals surface area contributed by atoms with Gasteiger partial charge in [-0.3, -0.25) is 4.79 Å². The van der Waals surface area contributed by atoms with E-state index in [-0.39, 0.29) is 18.2 Å². The molecule has 5 heteroatoms. The molecule has 5 nitrogen and oxygen atoms in total. The summed E-state index contributed by atoms with van der Waals surface area (Å²) in [6, 6.07) is 6.56. The lowest BCUT2D eigenvalue weighted by molar-refractivity contribution is -0.142. The second-order valence-electron chi connectivity index (χ2n) is 8.31. The van der Waals surface area contributed by atoms with Crippen LogP contribution in [0.4, 0.5) is 0 Å². The van der Waals surface area contributed by atoms with Crippen molar-refractivity contribution in [1.82, 2.24) is 5.32 Å². The van der Waals surface area contributed by atoms with E-state index >= 15 is 0 Å². The van der Waals surface area contributed by atoms with Crippen molar-refractivity contribution in [2.45, 2.75) is 71.8 Å². The van der Waals surface area contributed by atoms with Gasteiger partial charge in [-0.2, -0.15) is 0 Å². The molecule has 1 aliphatic rings. The molecule has 156 valence electrons. The maximum atomic E-state index is 12.6. The fourth-order valence-corrected chi connectivity index (χ4v) is 3.83. The van der Waals surface area contributed by atoms with E-state index in [1.54, 1.807) is 0 Å². The summed E-state index contributed by atoms with van der Waals surface area (Å²) in [5.74, 6) is 0.935. The molecule has 0 spiro atoms. The molecule has 0 radical (unpaired) electrons. The molecule has 1 amide bonds. The number of amides is 1. The Labute approximate surface area is 168 Å². The predicted octanol–water partition coefficient (Wildman–Crippen LogP) is 4.44. The average molecular weight is 390 g/mol. The zero-order valence-corrected chi connectivity index (χ0v) is 17.4. The standard InChI is InChI=1S/C23H35NO4/c1-4-5-14-28-20-12-6-17(7-13-20)15-21(23(26)27)24-22(25)19-10-8-18(9-11-19)16(2)3/h6-7,12-13,16,18-19,21H,4-5,8-11,14-15H2,1-3H3,(H,24,25)(H,26,27)/t18?,19?,21-/m1/s1. The summed E-state index contributed by atoms with van der Waals surface area (Å²) in [6.07, 6.45) is 6.17. The number of carbonyl (C=O) groups excluding carboxylic acids is 1. The van der Waals surface area contributed by atoms with Crippen LogP contribution in [0.25, 0.3) is 0 Å². The molecule has 2 N–H and O–H groups in total. The molecule has 1 aromatic rings. The Bertz CT molecular complexity index is 618. The number of hydrogen-bond donors (Lipinski definition) is 2. The fraction of sp³-hybridized carbons (Fsp3) is 0.652. The lowest BCUT2D eigenvalue weighted by Gasteiger charge is -2.30. The minimum absolute atomic E-state index is 0.0637. The van der Waals surface area contributed by atoms with Crippen molar-refractivity contribution in [3.8, 4) is 5.75 Å². The molecule has 1 fully saturated rings. The van der Waals surface area contributed by atoms with Crippen LogP contribution in [0, 0.1) is 17.8 Å². The van der Waals surface area contributed by atoms with Gasteiger partial charge in [0.25, 0.3) is 0 Å². The number of carboxylic acid groups (broad SMARTS) is 1. The third-order valence-electron chi connectivity index (χ3n) is 5.83. The molecule has 1 aromatic carbocycles. The normalized spacial score (nSPS) is 20.6. The summed E-state index contributed by atoms with van der Waals surface area (Å²) in [6.45, 7) is 7.25. The third kappa shape index (κ3) is 6.84. The number of rotatable bonds is 10. The largest absolute Gasteiger partial charge is 0.494 e. The Hall–Kier alpha value is -2.04. The van der Waals surface area contributed by atoms with Gasteiger partial charge < -0.3 is 15.2 Å². The first kappa shape index (κ1) is 22.3. The Morgan fingerprint density at radius 2 is 1.79 bits per heavy atom. The predicted molar refractivity (Wildman–Crippen MR) is 110 cm³/mol. The van der Waals surface area contributed by atoms with Crippen LogP contribution in [0.2, 0.25) is 0 Å². The van der Waals surface area contributed by atoms with E-state index in [2.05, 4.69) is 26.1 Å². The quantitative estimate of drug-likeness (QED) is 0.580. The van der Waals surface area contributed by atoms with Gasteiger partial charge in [0.05, 0.1) is 6.61 Å². The lowest BCUT2D eigenvalue weighted by Crippen LogP contribution is -2.45. The molecular weight excluding hydrogens is 354 g/mol. The monoisotopic (exact) mass is 389 g/mol. The molecule has 1 atom stereocenters. The minimum atomic E-state index is -0.993. The Kier molecular flexibility index (Phi) is 8.81. The zero-order chi connectivity index (χ0) is 20.5. The van der Waals surface area contributed by atoms with Gasteiger partial charge in [0, 0.05) is 12.3 Å². The smallest absolute Gasteiger partial charge is 0.326 e. The first-order valence-corrected chi connectivity index (χ1v) is 10.7.